The van der Waals surface area contributed by atoms with E-state index in [1.54, 1.807) is 12.1 Å². The lowest BCUT2D eigenvalue weighted by Crippen LogP contribution is -2.34. The maximum atomic E-state index is 12.9. The molecule has 92 valence electrons. The number of benzene rings is 1. The predicted molar refractivity (Wildman–Crippen MR) is 60.6 cm³/mol. The Morgan fingerprint density at radius 1 is 1.12 bits per heavy atom. The minimum absolute atomic E-state index is 0.229. The van der Waals surface area contributed by atoms with Crippen LogP contribution >= 0.6 is 0 Å². The summed E-state index contributed by atoms with van der Waals surface area (Å²) < 4.78 is 38.8. The number of allylic oxidation sites excluding steroid dienone is 2. The second-order valence-electron chi connectivity index (χ2n) is 4.41. The third kappa shape index (κ3) is 2.09. The Balaban J connectivity index is 2.51. The lowest BCUT2D eigenvalue weighted by molar-refractivity contribution is -0.138. The van der Waals surface area contributed by atoms with E-state index < -0.39 is 17.2 Å². The molecule has 4 heteroatoms. The molecule has 0 fully saturated rings. The Labute approximate surface area is 98.1 Å². The first-order valence-corrected chi connectivity index (χ1v) is 5.51. The number of halogens is 3. The molecular formula is C13H14F3N. The van der Waals surface area contributed by atoms with Crippen molar-refractivity contribution >= 4 is 0 Å². The van der Waals surface area contributed by atoms with E-state index in [9.17, 15) is 13.2 Å². The standard InChI is InChI=1S/C13H14F3N/c14-13(15,16)11-6-2-1-5-10(11)12(9-17)7-3-4-8-12/h1-6H,7-9,17H2. The van der Waals surface area contributed by atoms with Gasteiger partial charge in [0.25, 0.3) is 0 Å². The summed E-state index contributed by atoms with van der Waals surface area (Å²) in [5.74, 6) is 0. The molecule has 1 aromatic rings. The zero-order valence-corrected chi connectivity index (χ0v) is 9.30. The average Bonchev–Trinajstić information content (AvgIpc) is 2.78. The van der Waals surface area contributed by atoms with Crippen molar-refractivity contribution in [1.29, 1.82) is 0 Å². The molecule has 0 bridgehead atoms. The molecule has 17 heavy (non-hydrogen) atoms. The van der Waals surface area contributed by atoms with Crippen LogP contribution in [0.5, 0.6) is 0 Å². The van der Waals surface area contributed by atoms with Gasteiger partial charge in [-0.05, 0) is 24.5 Å². The van der Waals surface area contributed by atoms with Crippen LogP contribution in [-0.4, -0.2) is 6.54 Å². The second-order valence-corrected chi connectivity index (χ2v) is 4.41. The summed E-state index contributed by atoms with van der Waals surface area (Å²) >= 11 is 0. The summed E-state index contributed by atoms with van der Waals surface area (Å²) in [4.78, 5) is 0. The van der Waals surface area contributed by atoms with Gasteiger partial charge in [-0.15, -0.1) is 0 Å². The van der Waals surface area contributed by atoms with Gasteiger partial charge < -0.3 is 5.73 Å². The van der Waals surface area contributed by atoms with Crippen molar-refractivity contribution in [3.05, 3.63) is 47.5 Å². The van der Waals surface area contributed by atoms with Crippen molar-refractivity contribution in [3.8, 4) is 0 Å². The van der Waals surface area contributed by atoms with Crippen LogP contribution in [-0.2, 0) is 11.6 Å². The van der Waals surface area contributed by atoms with E-state index in [1.807, 2.05) is 12.2 Å². The van der Waals surface area contributed by atoms with Crippen LogP contribution in [0, 0.1) is 0 Å². The summed E-state index contributed by atoms with van der Waals surface area (Å²) in [5, 5.41) is 0. The molecule has 1 nitrogen and oxygen atoms in total. The van der Waals surface area contributed by atoms with E-state index in [2.05, 4.69) is 0 Å². The van der Waals surface area contributed by atoms with Crippen LogP contribution in [0.1, 0.15) is 24.0 Å². The van der Waals surface area contributed by atoms with Gasteiger partial charge in [0.2, 0.25) is 0 Å². The van der Waals surface area contributed by atoms with E-state index in [4.69, 9.17) is 5.73 Å². The maximum Gasteiger partial charge on any atom is 0.416 e. The van der Waals surface area contributed by atoms with E-state index in [0.717, 1.165) is 6.07 Å². The molecule has 0 atom stereocenters. The highest BCUT2D eigenvalue weighted by Gasteiger charge is 2.41. The summed E-state index contributed by atoms with van der Waals surface area (Å²) in [5.41, 5.74) is 4.89. The van der Waals surface area contributed by atoms with Crippen LogP contribution in [0.25, 0.3) is 0 Å². The van der Waals surface area contributed by atoms with Gasteiger partial charge >= 0.3 is 6.18 Å². The molecule has 0 radical (unpaired) electrons. The number of nitrogens with two attached hydrogens (primary N) is 1. The van der Waals surface area contributed by atoms with Crippen LogP contribution < -0.4 is 5.73 Å². The highest BCUT2D eigenvalue weighted by Crippen LogP contribution is 2.42. The van der Waals surface area contributed by atoms with E-state index >= 15 is 0 Å². The maximum absolute atomic E-state index is 12.9. The normalized spacial score (nSPS) is 18.6. The molecule has 0 spiro atoms. The monoisotopic (exact) mass is 241 g/mol. The van der Waals surface area contributed by atoms with Crippen molar-refractivity contribution in [2.45, 2.75) is 24.4 Å². The number of hydrogen-bond donors (Lipinski definition) is 1. The van der Waals surface area contributed by atoms with E-state index in [0.29, 0.717) is 18.4 Å². The van der Waals surface area contributed by atoms with E-state index in [-0.39, 0.29) is 6.54 Å². The van der Waals surface area contributed by atoms with Gasteiger partial charge in [0.15, 0.2) is 0 Å². The first kappa shape index (κ1) is 12.2. The highest BCUT2D eigenvalue weighted by molar-refractivity contribution is 5.39. The molecule has 1 aromatic carbocycles. The molecule has 2 N–H and O–H groups in total. The van der Waals surface area contributed by atoms with Crippen molar-refractivity contribution in [2.75, 3.05) is 6.54 Å². The SMILES string of the molecule is NCC1(c2ccccc2C(F)(F)F)CC=CC1. The Morgan fingerprint density at radius 2 is 1.71 bits per heavy atom. The summed E-state index contributed by atoms with van der Waals surface area (Å²) in [7, 11) is 0. The van der Waals surface area contributed by atoms with E-state index in [1.165, 1.54) is 6.07 Å². The fourth-order valence-electron chi connectivity index (χ4n) is 2.39. The quantitative estimate of drug-likeness (QED) is 0.790. The van der Waals surface area contributed by atoms with Gasteiger partial charge in [-0.2, -0.15) is 13.2 Å². The van der Waals surface area contributed by atoms with Crippen molar-refractivity contribution in [3.63, 3.8) is 0 Å². The lowest BCUT2D eigenvalue weighted by Gasteiger charge is -2.30. The zero-order chi connectivity index (χ0) is 12.5. The minimum Gasteiger partial charge on any atom is -0.330 e. The number of alkyl halides is 3. The molecule has 1 aliphatic carbocycles. The Bertz CT molecular complexity index is 427. The molecular weight excluding hydrogens is 227 g/mol. The van der Waals surface area contributed by atoms with Crippen LogP contribution in [0.3, 0.4) is 0 Å². The molecule has 0 unspecified atom stereocenters. The largest absolute Gasteiger partial charge is 0.416 e. The van der Waals surface area contributed by atoms with Crippen LogP contribution in [0.15, 0.2) is 36.4 Å². The predicted octanol–water partition coefficient (Wildman–Crippen LogP) is 3.25. The smallest absolute Gasteiger partial charge is 0.330 e. The molecule has 1 aliphatic rings. The molecule has 0 amide bonds. The summed E-state index contributed by atoms with van der Waals surface area (Å²) in [6.07, 6.45) is 0.647. The molecule has 0 aromatic heterocycles. The van der Waals surface area contributed by atoms with Gasteiger partial charge in [-0.3, -0.25) is 0 Å². The number of hydrogen-bond acceptors (Lipinski definition) is 1. The van der Waals surface area contributed by atoms with Crippen LogP contribution in [0.2, 0.25) is 0 Å². The first-order chi connectivity index (χ1) is 7.99. The minimum atomic E-state index is -4.32. The Morgan fingerprint density at radius 3 is 2.24 bits per heavy atom. The molecule has 0 heterocycles. The number of rotatable bonds is 2. The zero-order valence-electron chi connectivity index (χ0n) is 9.30. The summed E-state index contributed by atoms with van der Waals surface area (Å²) in [6, 6.07) is 5.73. The van der Waals surface area contributed by atoms with Gasteiger partial charge in [-0.25, -0.2) is 0 Å². The average molecular weight is 241 g/mol. The molecule has 0 saturated heterocycles. The molecule has 2 rings (SSSR count). The third-order valence-corrected chi connectivity index (χ3v) is 3.38. The van der Waals surface area contributed by atoms with Crippen molar-refractivity contribution in [1.82, 2.24) is 0 Å². The molecule has 0 saturated carbocycles. The summed E-state index contributed by atoms with van der Waals surface area (Å²) in [6.45, 7) is 0.229. The Kier molecular flexibility index (Phi) is 3.00. The molecule has 0 aliphatic heterocycles. The third-order valence-electron chi connectivity index (χ3n) is 3.38. The van der Waals surface area contributed by atoms with Crippen molar-refractivity contribution < 1.29 is 13.2 Å². The van der Waals surface area contributed by atoms with Gasteiger partial charge in [0.05, 0.1) is 5.56 Å². The lowest BCUT2D eigenvalue weighted by atomic mass is 9.76. The topological polar surface area (TPSA) is 26.0 Å². The van der Waals surface area contributed by atoms with Crippen LogP contribution in [0.4, 0.5) is 13.2 Å². The Hall–Kier alpha value is -1.29. The van der Waals surface area contributed by atoms with Crippen molar-refractivity contribution in [2.24, 2.45) is 5.73 Å². The van der Waals surface area contributed by atoms with Gasteiger partial charge in [0.1, 0.15) is 0 Å². The fourth-order valence-corrected chi connectivity index (χ4v) is 2.39. The van der Waals surface area contributed by atoms with Gasteiger partial charge in [0, 0.05) is 12.0 Å². The second kappa shape index (κ2) is 4.18. The van der Waals surface area contributed by atoms with Gasteiger partial charge in [-0.1, -0.05) is 30.4 Å². The first-order valence-electron chi connectivity index (χ1n) is 5.51. The highest BCUT2D eigenvalue weighted by atomic mass is 19.4. The fraction of sp³-hybridized carbons (Fsp3) is 0.385.